The Kier molecular flexibility index (Phi) is 1.53. The fourth-order valence-corrected chi connectivity index (χ4v) is 0.784. The summed E-state index contributed by atoms with van der Waals surface area (Å²) in [6, 6.07) is 6.43. The van der Waals surface area contributed by atoms with Crippen LogP contribution in [-0.2, 0) is 6.42 Å². The van der Waals surface area contributed by atoms with Crippen LogP contribution >= 0.6 is 0 Å². The second-order valence-corrected chi connectivity index (χ2v) is 2.05. The monoisotopic (exact) mass is 139 g/mol. The molecule has 0 amide bonds. The summed E-state index contributed by atoms with van der Waals surface area (Å²) < 4.78 is 14.2. The van der Waals surface area contributed by atoms with Crippen molar-refractivity contribution in [2.75, 3.05) is 6.50 Å². The van der Waals surface area contributed by atoms with Crippen molar-refractivity contribution in [2.45, 2.75) is 6.42 Å². The quantitative estimate of drug-likeness (QED) is 0.639. The molecule has 0 spiro atoms. The van der Waals surface area contributed by atoms with Gasteiger partial charge in [-0.2, -0.15) is 0 Å². The average Bonchev–Trinajstić information content (AvgIpc) is 1.82. The number of phenols is 1. The summed E-state index contributed by atoms with van der Waals surface area (Å²) in [6.07, 6.45) is 0.112. The molecule has 0 saturated carbocycles. The Hall–Kier alpha value is -1.02. The topological polar surface area (TPSA) is 46.2 Å². The van der Waals surface area contributed by atoms with Crippen LogP contribution in [0.4, 0.5) is 0 Å². The van der Waals surface area contributed by atoms with E-state index in [1.807, 2.05) is 0 Å². The number of aryl methyl sites for hydroxylation is 1. The second-order valence-electron chi connectivity index (χ2n) is 2.05. The number of rotatable bonds is 2. The van der Waals surface area contributed by atoms with E-state index in [4.69, 9.17) is 13.6 Å². The maximum Gasteiger partial charge on any atom is 0.115 e. The maximum atomic E-state index is 9.05. The summed E-state index contributed by atoms with van der Waals surface area (Å²) in [4.78, 5) is 0. The van der Waals surface area contributed by atoms with E-state index in [0.29, 0.717) is 5.56 Å². The van der Waals surface area contributed by atoms with Gasteiger partial charge in [0, 0.05) is 2.74 Å². The van der Waals surface area contributed by atoms with Gasteiger partial charge in [-0.15, -0.1) is 0 Å². The van der Waals surface area contributed by atoms with Gasteiger partial charge in [0.2, 0.25) is 0 Å². The highest BCUT2D eigenvalue weighted by molar-refractivity contribution is 5.27. The van der Waals surface area contributed by atoms with Crippen molar-refractivity contribution < 1.29 is 7.85 Å². The van der Waals surface area contributed by atoms with Gasteiger partial charge in [0.15, 0.2) is 0 Å². The number of hydrogen-bond acceptors (Lipinski definition) is 2. The smallest absolute Gasteiger partial charge is 0.115 e. The number of phenolic OH excluding ortho intramolecular Hbond substituents is 1. The van der Waals surface area contributed by atoms with Gasteiger partial charge in [-0.3, -0.25) is 0 Å². The van der Waals surface area contributed by atoms with Gasteiger partial charge < -0.3 is 10.8 Å². The average molecular weight is 139 g/mol. The van der Waals surface area contributed by atoms with Crippen LogP contribution in [-0.4, -0.2) is 11.6 Å². The number of aromatic hydroxyl groups is 1. The summed E-state index contributed by atoms with van der Waals surface area (Å²) >= 11 is 0. The molecule has 10 heavy (non-hydrogen) atoms. The number of hydrogen-bond donors (Lipinski definition) is 2. The van der Waals surface area contributed by atoms with Gasteiger partial charge in [0.25, 0.3) is 0 Å². The molecule has 1 aromatic carbocycles. The molecule has 0 aliphatic heterocycles. The fourth-order valence-electron chi connectivity index (χ4n) is 0.784. The van der Waals surface area contributed by atoms with Gasteiger partial charge in [-0.05, 0) is 30.6 Å². The Bertz CT molecular complexity index is 270. The predicted octanol–water partition coefficient (Wildman–Crippen LogP) is 0.893. The van der Waals surface area contributed by atoms with Gasteiger partial charge in [0.05, 0.1) is 0 Å². The molecule has 3 N–H and O–H groups in total. The minimum atomic E-state index is -1.71. The molecular weight excluding hydrogens is 126 g/mol. The Balaban J connectivity index is 2.77. The highest BCUT2D eigenvalue weighted by Gasteiger charge is 1.90. The Morgan fingerprint density at radius 3 is 3.00 bits per heavy atom. The van der Waals surface area contributed by atoms with Crippen LogP contribution in [0.1, 0.15) is 8.30 Å². The Labute approximate surface area is 63.1 Å². The lowest BCUT2D eigenvalue weighted by Crippen LogP contribution is -2.01. The van der Waals surface area contributed by atoms with Crippen molar-refractivity contribution in [1.82, 2.24) is 0 Å². The third-order valence-corrected chi connectivity index (χ3v) is 1.22. The fraction of sp³-hybridized carbons (Fsp3) is 0.250. The zero-order valence-corrected chi connectivity index (χ0v) is 5.54. The SMILES string of the molecule is [2H]C([2H])(N)Cc1cccc(O)c1. The zero-order valence-electron chi connectivity index (χ0n) is 7.54. The van der Waals surface area contributed by atoms with Gasteiger partial charge in [-0.1, -0.05) is 12.1 Å². The summed E-state index contributed by atoms with van der Waals surface area (Å²) in [5, 5.41) is 9.05. The van der Waals surface area contributed by atoms with E-state index < -0.39 is 6.50 Å². The van der Waals surface area contributed by atoms with E-state index in [1.165, 1.54) is 12.1 Å². The Morgan fingerprint density at radius 2 is 2.40 bits per heavy atom. The van der Waals surface area contributed by atoms with E-state index in [9.17, 15) is 0 Å². The molecule has 0 aliphatic rings. The molecule has 2 heteroatoms. The summed E-state index contributed by atoms with van der Waals surface area (Å²) in [7, 11) is 0. The minimum absolute atomic E-state index is 0.112. The van der Waals surface area contributed by atoms with E-state index in [-0.39, 0.29) is 12.2 Å². The molecule has 0 unspecified atom stereocenters. The first-order valence-electron chi connectivity index (χ1n) is 4.04. The normalized spacial score (nSPS) is 14.1. The van der Waals surface area contributed by atoms with E-state index in [2.05, 4.69) is 0 Å². The Morgan fingerprint density at radius 1 is 1.60 bits per heavy atom. The van der Waals surface area contributed by atoms with E-state index in [1.54, 1.807) is 12.1 Å². The summed E-state index contributed by atoms with van der Waals surface area (Å²) in [5.74, 6) is 0.136. The molecule has 1 rings (SSSR count). The standard InChI is InChI=1S/C8H11NO/c9-5-4-7-2-1-3-8(10)6-7/h1-3,6,10H,4-5,9H2/i5D2. The van der Waals surface area contributed by atoms with Crippen LogP contribution < -0.4 is 5.73 Å². The largest absolute Gasteiger partial charge is 0.508 e. The molecule has 2 nitrogen and oxygen atoms in total. The third kappa shape index (κ3) is 1.74. The molecular formula is C8H11NO. The third-order valence-electron chi connectivity index (χ3n) is 1.22. The van der Waals surface area contributed by atoms with Crippen LogP contribution in [0, 0.1) is 0 Å². The lowest BCUT2D eigenvalue weighted by Gasteiger charge is -1.97. The van der Waals surface area contributed by atoms with Crippen molar-refractivity contribution in [3.63, 3.8) is 0 Å². The zero-order chi connectivity index (χ0) is 9.19. The molecule has 0 atom stereocenters. The van der Waals surface area contributed by atoms with Gasteiger partial charge in [0.1, 0.15) is 5.75 Å². The minimum Gasteiger partial charge on any atom is -0.508 e. The van der Waals surface area contributed by atoms with Crippen molar-refractivity contribution in [2.24, 2.45) is 5.73 Å². The molecule has 0 aromatic heterocycles. The van der Waals surface area contributed by atoms with Crippen molar-refractivity contribution in [1.29, 1.82) is 0 Å². The maximum absolute atomic E-state index is 9.05. The first kappa shape index (κ1) is 4.74. The molecule has 1 aromatic rings. The van der Waals surface area contributed by atoms with Crippen LogP contribution in [0.3, 0.4) is 0 Å². The molecule has 0 heterocycles. The lowest BCUT2D eigenvalue weighted by molar-refractivity contribution is 0.474. The van der Waals surface area contributed by atoms with E-state index >= 15 is 0 Å². The molecule has 54 valence electrons. The van der Waals surface area contributed by atoms with Gasteiger partial charge in [-0.25, -0.2) is 0 Å². The lowest BCUT2D eigenvalue weighted by atomic mass is 10.1. The summed E-state index contributed by atoms with van der Waals surface area (Å²) in [6.45, 7) is -1.71. The van der Waals surface area contributed by atoms with E-state index in [0.717, 1.165) is 0 Å². The molecule has 0 bridgehead atoms. The molecule has 0 fully saturated rings. The molecule has 0 aliphatic carbocycles. The van der Waals surface area contributed by atoms with Crippen LogP contribution in [0.15, 0.2) is 24.3 Å². The number of nitrogens with two attached hydrogens (primary N) is 1. The highest BCUT2D eigenvalue weighted by Crippen LogP contribution is 2.10. The first-order valence-corrected chi connectivity index (χ1v) is 3.04. The van der Waals surface area contributed by atoms with Gasteiger partial charge >= 0.3 is 0 Å². The van der Waals surface area contributed by atoms with Crippen LogP contribution in [0.2, 0.25) is 0 Å². The van der Waals surface area contributed by atoms with Crippen LogP contribution in [0.25, 0.3) is 0 Å². The highest BCUT2D eigenvalue weighted by atomic mass is 16.3. The van der Waals surface area contributed by atoms with Crippen molar-refractivity contribution in [3.05, 3.63) is 29.8 Å². The number of benzene rings is 1. The first-order chi connectivity index (χ1) is 5.47. The summed E-state index contributed by atoms with van der Waals surface area (Å²) in [5.41, 5.74) is 5.87. The molecule has 0 saturated heterocycles. The molecule has 0 radical (unpaired) electrons. The second kappa shape index (κ2) is 3.22. The van der Waals surface area contributed by atoms with Crippen molar-refractivity contribution in [3.8, 4) is 5.75 Å². The predicted molar refractivity (Wildman–Crippen MR) is 40.9 cm³/mol. The van der Waals surface area contributed by atoms with Crippen molar-refractivity contribution >= 4 is 0 Å². The van der Waals surface area contributed by atoms with Crippen LogP contribution in [0.5, 0.6) is 5.75 Å².